The molecule has 0 aliphatic carbocycles. The van der Waals surface area contributed by atoms with Crippen molar-refractivity contribution in [3.63, 3.8) is 0 Å². The molecule has 0 unspecified atom stereocenters. The van der Waals surface area contributed by atoms with E-state index >= 15 is 0 Å². The first-order valence-electron chi connectivity index (χ1n) is 8.59. The lowest BCUT2D eigenvalue weighted by Gasteiger charge is -2.06. The summed E-state index contributed by atoms with van der Waals surface area (Å²) in [5.41, 5.74) is 4.34. The number of ketones is 1. The van der Waals surface area contributed by atoms with Crippen LogP contribution >= 0.6 is 0 Å². The lowest BCUT2D eigenvalue weighted by atomic mass is 10.1. The van der Waals surface area contributed by atoms with Crippen LogP contribution in [0.1, 0.15) is 31.1 Å². The van der Waals surface area contributed by atoms with Crippen molar-refractivity contribution in [3.05, 3.63) is 64.5 Å². The van der Waals surface area contributed by atoms with Gasteiger partial charge in [0.05, 0.1) is 15.9 Å². The van der Waals surface area contributed by atoms with Crippen LogP contribution in [0.4, 0.5) is 24.5 Å². The Hall–Kier alpha value is -3.43. The van der Waals surface area contributed by atoms with E-state index in [4.69, 9.17) is 5.73 Å². The van der Waals surface area contributed by atoms with Gasteiger partial charge < -0.3 is 10.3 Å². The molecule has 0 aromatic carbocycles. The number of Topliss-reactive ketones (excluding diaryl/α,β-unsaturated/α-hetero) is 1. The van der Waals surface area contributed by atoms with Crippen LogP contribution in [0.25, 0.3) is 11.0 Å². The normalized spacial score (nSPS) is 12.0. The molecular formula is C19H21F3N4O3. The molecule has 0 saturated carbocycles. The third-order valence-electron chi connectivity index (χ3n) is 3.77. The Kier molecular flexibility index (Phi) is 7.87. The van der Waals surface area contributed by atoms with Crippen LogP contribution in [0.2, 0.25) is 0 Å². The van der Waals surface area contributed by atoms with E-state index in [-0.39, 0.29) is 12.2 Å². The number of nitro groups is 1. The number of rotatable bonds is 6. The number of nitrogens with zero attached hydrogens (tertiary/aromatic N) is 3. The third-order valence-corrected chi connectivity index (χ3v) is 3.77. The highest BCUT2D eigenvalue weighted by Gasteiger charge is 2.42. The van der Waals surface area contributed by atoms with Gasteiger partial charge in [0.1, 0.15) is 17.5 Å². The van der Waals surface area contributed by atoms with Crippen LogP contribution in [0.15, 0.2) is 48.8 Å². The maximum Gasteiger partial charge on any atom is 0.454 e. The van der Waals surface area contributed by atoms with E-state index in [9.17, 15) is 28.1 Å². The number of pyridine rings is 1. The van der Waals surface area contributed by atoms with Crippen LogP contribution in [0.3, 0.4) is 0 Å². The minimum absolute atomic E-state index is 0.0583. The van der Waals surface area contributed by atoms with E-state index in [2.05, 4.69) is 11.6 Å². The number of anilines is 1. The second-order valence-electron chi connectivity index (χ2n) is 5.47. The summed E-state index contributed by atoms with van der Waals surface area (Å²) in [6, 6.07) is 0. The number of alkyl halides is 3. The van der Waals surface area contributed by atoms with Gasteiger partial charge in [-0.1, -0.05) is 44.7 Å². The molecule has 0 saturated heterocycles. The second-order valence-corrected chi connectivity index (χ2v) is 5.47. The van der Waals surface area contributed by atoms with E-state index in [1.165, 1.54) is 10.6 Å². The molecule has 0 aliphatic heterocycles. The molecule has 2 N–H and O–H groups in total. The zero-order valence-electron chi connectivity index (χ0n) is 16.2. The Bertz CT molecular complexity index is 989. The Balaban J connectivity index is 0.00000204. The smallest absolute Gasteiger partial charge is 0.392 e. The van der Waals surface area contributed by atoms with E-state index in [1.54, 1.807) is 25.2 Å². The van der Waals surface area contributed by atoms with Crippen molar-refractivity contribution in [1.29, 1.82) is 0 Å². The maximum atomic E-state index is 13.0. The van der Waals surface area contributed by atoms with Crippen molar-refractivity contribution in [1.82, 2.24) is 9.55 Å². The number of nitrogens with two attached hydrogens (primary N) is 1. The maximum absolute atomic E-state index is 13.0. The molecule has 0 bridgehead atoms. The van der Waals surface area contributed by atoms with Gasteiger partial charge in [-0.3, -0.25) is 14.9 Å². The SMILES string of the molecule is C=C/C=C\C(=C/C)Cn1cc(C(=O)C(F)(F)F)c2c(N)c([N+](=O)[O-])cnc21.CC. The fraction of sp³-hybridized carbons (Fsp3) is 0.263. The van der Waals surface area contributed by atoms with Gasteiger partial charge in [0.25, 0.3) is 5.78 Å². The first kappa shape index (κ1) is 23.6. The van der Waals surface area contributed by atoms with Crippen molar-refractivity contribution in [3.8, 4) is 0 Å². The molecular weight excluding hydrogens is 389 g/mol. The average molecular weight is 410 g/mol. The minimum Gasteiger partial charge on any atom is -0.392 e. The summed E-state index contributed by atoms with van der Waals surface area (Å²) in [6.45, 7) is 9.33. The van der Waals surface area contributed by atoms with E-state index in [0.717, 1.165) is 12.4 Å². The van der Waals surface area contributed by atoms with Gasteiger partial charge in [-0.2, -0.15) is 13.2 Å². The topological polar surface area (TPSA) is 104 Å². The molecule has 7 nitrogen and oxygen atoms in total. The van der Waals surface area contributed by atoms with Gasteiger partial charge in [-0.05, 0) is 12.5 Å². The van der Waals surface area contributed by atoms with Gasteiger partial charge in [-0.25, -0.2) is 4.98 Å². The summed E-state index contributed by atoms with van der Waals surface area (Å²) >= 11 is 0. The number of carbonyl (C=O) groups is 1. The van der Waals surface area contributed by atoms with Crippen molar-refractivity contribution >= 4 is 28.2 Å². The molecule has 0 fully saturated rings. The zero-order valence-corrected chi connectivity index (χ0v) is 16.2. The van der Waals surface area contributed by atoms with Crippen LogP contribution in [-0.2, 0) is 6.54 Å². The lowest BCUT2D eigenvalue weighted by molar-refractivity contribution is -0.384. The number of allylic oxidation sites excluding steroid dienone is 5. The Labute approximate surface area is 165 Å². The Morgan fingerprint density at radius 3 is 2.52 bits per heavy atom. The number of aromatic nitrogens is 2. The van der Waals surface area contributed by atoms with Crippen molar-refractivity contribution in [2.24, 2.45) is 0 Å². The second kappa shape index (κ2) is 9.67. The molecule has 0 radical (unpaired) electrons. The summed E-state index contributed by atoms with van der Waals surface area (Å²) in [4.78, 5) is 25.9. The molecule has 0 amide bonds. The van der Waals surface area contributed by atoms with Crippen molar-refractivity contribution in [2.75, 3.05) is 5.73 Å². The quantitative estimate of drug-likeness (QED) is 0.313. The number of fused-ring (bicyclic) bond motifs is 1. The van der Waals surface area contributed by atoms with Gasteiger partial charge >= 0.3 is 11.9 Å². The van der Waals surface area contributed by atoms with Crippen LogP contribution < -0.4 is 5.73 Å². The molecule has 2 aromatic heterocycles. The first-order valence-corrected chi connectivity index (χ1v) is 8.59. The molecule has 10 heteroatoms. The minimum atomic E-state index is -5.16. The highest BCUT2D eigenvalue weighted by molar-refractivity contribution is 6.14. The highest BCUT2D eigenvalue weighted by atomic mass is 19.4. The summed E-state index contributed by atoms with van der Waals surface area (Å²) in [7, 11) is 0. The highest BCUT2D eigenvalue weighted by Crippen LogP contribution is 2.35. The molecule has 0 atom stereocenters. The molecule has 2 rings (SSSR count). The molecule has 2 heterocycles. The monoisotopic (exact) mass is 410 g/mol. The summed E-state index contributed by atoms with van der Waals surface area (Å²) < 4.78 is 40.2. The molecule has 2 aromatic rings. The number of hydrogen-bond donors (Lipinski definition) is 1. The first-order chi connectivity index (χ1) is 13.6. The number of nitrogen functional groups attached to an aromatic ring is 1. The third kappa shape index (κ3) is 5.09. The largest absolute Gasteiger partial charge is 0.454 e. The Morgan fingerprint density at radius 2 is 2.03 bits per heavy atom. The van der Waals surface area contributed by atoms with E-state index in [1.807, 2.05) is 13.8 Å². The fourth-order valence-corrected chi connectivity index (χ4v) is 2.49. The zero-order chi connectivity index (χ0) is 22.4. The molecule has 156 valence electrons. The number of carbonyl (C=O) groups excluding carboxylic acids is 1. The standard InChI is InChI=1S/C17H15F3N4O3.C2H6/c1-3-5-6-10(4-2)8-23-9-11(15(25)17(18,19)20)13-14(21)12(24(26)27)7-22-16(13)23;1-2/h3-7,9H,1,8H2,2H3,(H2,21,22);1-2H3/b6-5-,10-4+;. The van der Waals surface area contributed by atoms with Crippen LogP contribution in [0.5, 0.6) is 0 Å². The molecule has 29 heavy (non-hydrogen) atoms. The van der Waals surface area contributed by atoms with E-state index < -0.39 is 39.2 Å². The summed E-state index contributed by atoms with van der Waals surface area (Å²) in [6.07, 6.45) is 3.20. The van der Waals surface area contributed by atoms with Crippen LogP contribution in [0, 0.1) is 10.1 Å². The van der Waals surface area contributed by atoms with Crippen molar-refractivity contribution < 1.29 is 22.9 Å². The summed E-state index contributed by atoms with van der Waals surface area (Å²) in [5.74, 6) is -2.15. The van der Waals surface area contributed by atoms with Crippen molar-refractivity contribution in [2.45, 2.75) is 33.5 Å². The number of hydrogen-bond acceptors (Lipinski definition) is 5. The van der Waals surface area contributed by atoms with Gasteiger partial charge in [0.2, 0.25) is 0 Å². The lowest BCUT2D eigenvalue weighted by Crippen LogP contribution is -2.22. The molecule has 0 aliphatic rings. The fourth-order valence-electron chi connectivity index (χ4n) is 2.49. The Morgan fingerprint density at radius 1 is 1.41 bits per heavy atom. The number of halogens is 3. The predicted molar refractivity (Wildman–Crippen MR) is 106 cm³/mol. The van der Waals surface area contributed by atoms with Gasteiger partial charge in [0.15, 0.2) is 0 Å². The van der Waals surface area contributed by atoms with Crippen LogP contribution in [-0.4, -0.2) is 26.4 Å². The average Bonchev–Trinajstić information content (AvgIpc) is 3.04. The van der Waals surface area contributed by atoms with Gasteiger partial charge in [-0.15, -0.1) is 0 Å². The predicted octanol–water partition coefficient (Wildman–Crippen LogP) is 4.99. The molecule has 0 spiro atoms. The van der Waals surface area contributed by atoms with Gasteiger partial charge in [0, 0.05) is 12.7 Å². The summed E-state index contributed by atoms with van der Waals surface area (Å²) in [5, 5.41) is 10.6. The van der Waals surface area contributed by atoms with E-state index in [0.29, 0.717) is 5.57 Å².